The highest BCUT2D eigenvalue weighted by molar-refractivity contribution is 7.99. The molecule has 0 fully saturated rings. The smallest absolute Gasteiger partial charge is 0.190 e. The lowest BCUT2D eigenvalue weighted by molar-refractivity contribution is 0.397. The van der Waals surface area contributed by atoms with Gasteiger partial charge in [0, 0.05) is 0 Å². The average Bonchev–Trinajstić information content (AvgIpc) is 1.87. The van der Waals surface area contributed by atoms with E-state index in [1.165, 1.54) is 7.11 Å². The van der Waals surface area contributed by atoms with Gasteiger partial charge in [-0.1, -0.05) is 13.8 Å². The molecular formula is C7H15NOS. The Labute approximate surface area is 66.9 Å². The third kappa shape index (κ3) is 5.95. The predicted octanol–water partition coefficient (Wildman–Crippen LogP) is 2.00. The van der Waals surface area contributed by atoms with Gasteiger partial charge in [0.1, 0.15) is 0 Å². The number of nitrogens with one attached hydrogen (secondary N) is 1. The van der Waals surface area contributed by atoms with Gasteiger partial charge in [-0.05, 0) is 11.7 Å². The van der Waals surface area contributed by atoms with Crippen molar-refractivity contribution in [3.63, 3.8) is 0 Å². The van der Waals surface area contributed by atoms with Crippen LogP contribution in [0.2, 0.25) is 0 Å². The Morgan fingerprint density at radius 1 is 1.60 bits per heavy atom. The van der Waals surface area contributed by atoms with Gasteiger partial charge in [-0.2, -0.15) is 11.8 Å². The second kappa shape index (κ2) is 5.59. The molecule has 0 radical (unpaired) electrons. The molecule has 0 saturated heterocycles. The summed E-state index contributed by atoms with van der Waals surface area (Å²) >= 11 is 1.74. The largest absolute Gasteiger partial charge is 0.484 e. The van der Waals surface area contributed by atoms with Crippen LogP contribution in [0.25, 0.3) is 0 Å². The van der Waals surface area contributed by atoms with Crippen molar-refractivity contribution in [3.05, 3.63) is 0 Å². The molecule has 0 aromatic heterocycles. The third-order valence-electron chi connectivity index (χ3n) is 0.931. The van der Waals surface area contributed by atoms with Gasteiger partial charge >= 0.3 is 0 Å². The molecule has 2 nitrogen and oxygen atoms in total. The van der Waals surface area contributed by atoms with Gasteiger partial charge in [-0.25, -0.2) is 0 Å². The first-order valence-electron chi connectivity index (χ1n) is 3.36. The van der Waals surface area contributed by atoms with E-state index in [1.807, 2.05) is 0 Å². The highest BCUT2D eigenvalue weighted by atomic mass is 32.2. The van der Waals surface area contributed by atoms with Crippen LogP contribution in [0.3, 0.4) is 0 Å². The number of hydrogen-bond donors (Lipinski definition) is 1. The summed E-state index contributed by atoms with van der Waals surface area (Å²) in [6.45, 7) is 4.34. The van der Waals surface area contributed by atoms with Crippen LogP contribution < -0.4 is 0 Å². The average molecular weight is 161 g/mol. The topological polar surface area (TPSA) is 33.1 Å². The van der Waals surface area contributed by atoms with E-state index in [4.69, 9.17) is 10.1 Å². The molecule has 0 saturated carbocycles. The van der Waals surface area contributed by atoms with Crippen molar-refractivity contribution in [2.45, 2.75) is 13.8 Å². The molecule has 0 spiro atoms. The molecule has 0 aromatic carbocycles. The van der Waals surface area contributed by atoms with Gasteiger partial charge in [-0.15, -0.1) is 0 Å². The van der Waals surface area contributed by atoms with Crippen molar-refractivity contribution in [1.29, 1.82) is 5.41 Å². The molecule has 0 bridgehead atoms. The zero-order valence-corrected chi connectivity index (χ0v) is 7.62. The van der Waals surface area contributed by atoms with Crippen LogP contribution in [0.1, 0.15) is 13.8 Å². The lowest BCUT2D eigenvalue weighted by atomic mass is 10.3. The molecule has 0 aliphatic rings. The van der Waals surface area contributed by atoms with Crippen molar-refractivity contribution in [2.75, 3.05) is 18.6 Å². The Hall–Kier alpha value is -0.180. The van der Waals surface area contributed by atoms with E-state index in [0.29, 0.717) is 17.6 Å². The molecule has 0 aliphatic carbocycles. The maximum atomic E-state index is 7.14. The minimum atomic E-state index is 0.366. The van der Waals surface area contributed by atoms with Crippen molar-refractivity contribution < 1.29 is 4.74 Å². The Balaban J connectivity index is 3.12. The molecule has 0 unspecified atom stereocenters. The number of thioether (sulfide) groups is 1. The summed E-state index contributed by atoms with van der Waals surface area (Å²) in [7, 11) is 1.54. The highest BCUT2D eigenvalue weighted by Gasteiger charge is 1.97. The normalized spacial score (nSPS) is 10.0. The van der Waals surface area contributed by atoms with Gasteiger partial charge in [0.2, 0.25) is 0 Å². The van der Waals surface area contributed by atoms with Crippen molar-refractivity contribution in [1.82, 2.24) is 0 Å². The molecule has 0 aromatic rings. The van der Waals surface area contributed by atoms with E-state index in [0.717, 1.165) is 5.75 Å². The molecule has 0 rings (SSSR count). The Kier molecular flexibility index (Phi) is 5.49. The van der Waals surface area contributed by atoms with Crippen molar-refractivity contribution >= 4 is 17.7 Å². The van der Waals surface area contributed by atoms with Gasteiger partial charge in [0.15, 0.2) is 5.90 Å². The van der Waals surface area contributed by atoms with Crippen LogP contribution in [0.5, 0.6) is 0 Å². The number of methoxy groups -OCH3 is 1. The van der Waals surface area contributed by atoms with Crippen LogP contribution in [0, 0.1) is 11.3 Å². The Bertz CT molecular complexity index is 104. The number of hydrogen-bond acceptors (Lipinski definition) is 3. The summed E-state index contributed by atoms with van der Waals surface area (Å²) in [4.78, 5) is 0. The Morgan fingerprint density at radius 3 is 2.60 bits per heavy atom. The van der Waals surface area contributed by atoms with Crippen molar-refractivity contribution in [2.24, 2.45) is 5.92 Å². The first kappa shape index (κ1) is 9.82. The van der Waals surface area contributed by atoms with Gasteiger partial charge in [0.05, 0.1) is 12.9 Å². The second-order valence-electron chi connectivity index (χ2n) is 2.54. The predicted molar refractivity (Wildman–Crippen MR) is 46.9 cm³/mol. The summed E-state index contributed by atoms with van der Waals surface area (Å²) in [5.41, 5.74) is 0. The van der Waals surface area contributed by atoms with E-state index in [2.05, 4.69) is 13.8 Å². The van der Waals surface area contributed by atoms with Crippen LogP contribution in [0.15, 0.2) is 0 Å². The standard InChI is InChI=1S/C7H15NOS/c1-6(2)4-10-5-7(8)9-3/h6,8H,4-5H2,1-3H3. The molecule has 60 valence electrons. The van der Waals surface area contributed by atoms with Gasteiger partial charge in [-0.3, -0.25) is 5.41 Å². The fourth-order valence-electron chi connectivity index (χ4n) is 0.446. The van der Waals surface area contributed by atoms with E-state index in [1.54, 1.807) is 11.8 Å². The first-order valence-corrected chi connectivity index (χ1v) is 4.51. The maximum absolute atomic E-state index is 7.14. The molecule has 10 heavy (non-hydrogen) atoms. The zero-order chi connectivity index (χ0) is 7.98. The molecule has 0 amide bonds. The van der Waals surface area contributed by atoms with Crippen LogP contribution in [-0.4, -0.2) is 24.5 Å². The second-order valence-corrected chi connectivity index (χ2v) is 3.57. The quantitative estimate of drug-likeness (QED) is 0.505. The zero-order valence-electron chi connectivity index (χ0n) is 6.81. The summed E-state index contributed by atoms with van der Waals surface area (Å²) in [6, 6.07) is 0. The number of ether oxygens (including phenoxy) is 1. The van der Waals surface area contributed by atoms with Crippen LogP contribution >= 0.6 is 11.8 Å². The molecular weight excluding hydrogens is 146 g/mol. The third-order valence-corrected chi connectivity index (χ3v) is 2.30. The molecule has 0 atom stereocenters. The number of rotatable bonds is 4. The van der Waals surface area contributed by atoms with Gasteiger partial charge in [0.25, 0.3) is 0 Å². The van der Waals surface area contributed by atoms with E-state index < -0.39 is 0 Å². The molecule has 1 N–H and O–H groups in total. The molecule has 0 heterocycles. The first-order chi connectivity index (χ1) is 4.66. The maximum Gasteiger partial charge on any atom is 0.190 e. The van der Waals surface area contributed by atoms with Gasteiger partial charge < -0.3 is 4.74 Å². The van der Waals surface area contributed by atoms with E-state index >= 15 is 0 Å². The lowest BCUT2D eigenvalue weighted by Gasteiger charge is -2.03. The summed E-state index contributed by atoms with van der Waals surface area (Å²) in [5, 5.41) is 7.14. The van der Waals surface area contributed by atoms with E-state index in [9.17, 15) is 0 Å². The fraction of sp³-hybridized carbons (Fsp3) is 0.857. The highest BCUT2D eigenvalue weighted by Crippen LogP contribution is 2.06. The minimum absolute atomic E-state index is 0.366. The SMILES string of the molecule is COC(=N)CSCC(C)C. The minimum Gasteiger partial charge on any atom is -0.484 e. The summed E-state index contributed by atoms with van der Waals surface area (Å²) < 4.78 is 4.69. The monoisotopic (exact) mass is 161 g/mol. The summed E-state index contributed by atoms with van der Waals surface area (Å²) in [6.07, 6.45) is 0. The Morgan fingerprint density at radius 2 is 2.20 bits per heavy atom. The molecule has 0 aliphatic heterocycles. The summed E-state index contributed by atoms with van der Waals surface area (Å²) in [5.74, 6) is 2.88. The molecule has 3 heteroatoms. The van der Waals surface area contributed by atoms with Crippen molar-refractivity contribution in [3.8, 4) is 0 Å². The lowest BCUT2D eigenvalue weighted by Crippen LogP contribution is -2.04. The van der Waals surface area contributed by atoms with Crippen LogP contribution in [0.4, 0.5) is 0 Å². The van der Waals surface area contributed by atoms with Crippen LogP contribution in [-0.2, 0) is 4.74 Å². The fourth-order valence-corrected chi connectivity index (χ4v) is 1.34. The van der Waals surface area contributed by atoms with E-state index in [-0.39, 0.29) is 0 Å².